The Kier molecular flexibility index (Phi) is 6.18. The Morgan fingerprint density at radius 2 is 2.00 bits per heavy atom. The summed E-state index contributed by atoms with van der Waals surface area (Å²) in [6, 6.07) is 9.30. The number of fused-ring (bicyclic) bond motifs is 1. The van der Waals surface area contributed by atoms with E-state index < -0.39 is 11.9 Å². The Labute approximate surface area is 187 Å². The van der Waals surface area contributed by atoms with Crippen LogP contribution in [0.15, 0.2) is 54.2 Å². The van der Waals surface area contributed by atoms with Gasteiger partial charge in [-0.1, -0.05) is 12.1 Å². The van der Waals surface area contributed by atoms with E-state index in [9.17, 15) is 14.0 Å². The van der Waals surface area contributed by atoms with Crippen LogP contribution >= 0.6 is 11.3 Å². The fraction of sp³-hybridized carbons (Fsp3) is 0.174. The number of aromatic nitrogens is 2. The highest BCUT2D eigenvalue weighted by Crippen LogP contribution is 2.36. The van der Waals surface area contributed by atoms with Crippen molar-refractivity contribution in [3.63, 3.8) is 0 Å². The monoisotopic (exact) mass is 453 g/mol. The number of hydrogen-bond acceptors (Lipinski definition) is 6. The molecule has 0 radical (unpaired) electrons. The lowest BCUT2D eigenvalue weighted by Crippen LogP contribution is -2.21. The van der Waals surface area contributed by atoms with Crippen molar-refractivity contribution in [3.05, 3.63) is 71.2 Å². The number of aryl methyl sites for hydroxylation is 1. The molecule has 0 spiro atoms. The molecule has 1 N–H and O–H groups in total. The third-order valence-corrected chi connectivity index (χ3v) is 5.50. The number of carbonyl (C=O) groups is 2. The predicted molar refractivity (Wildman–Crippen MR) is 120 cm³/mol. The number of rotatable bonds is 7. The molecule has 3 aromatic heterocycles. The Morgan fingerprint density at radius 1 is 1.22 bits per heavy atom. The summed E-state index contributed by atoms with van der Waals surface area (Å²) in [4.78, 5) is 29.6. The summed E-state index contributed by atoms with van der Waals surface area (Å²) in [7, 11) is 0. The lowest BCUT2D eigenvalue weighted by Gasteiger charge is -2.10. The zero-order chi connectivity index (χ0) is 22.7. The Balaban J connectivity index is 1.54. The number of thiophene rings is 1. The molecule has 9 heteroatoms. The number of esters is 1. The second-order valence-electron chi connectivity index (χ2n) is 6.90. The first kappa shape index (κ1) is 21.5. The van der Waals surface area contributed by atoms with Gasteiger partial charge in [-0.25, -0.2) is 14.2 Å². The van der Waals surface area contributed by atoms with Crippen LogP contribution in [0.3, 0.4) is 0 Å². The zero-order valence-corrected chi connectivity index (χ0v) is 18.2. The van der Waals surface area contributed by atoms with Crippen LogP contribution < -0.4 is 10.1 Å². The molecule has 0 fully saturated rings. The van der Waals surface area contributed by atoms with Gasteiger partial charge in [0.05, 0.1) is 12.3 Å². The Bertz CT molecular complexity index is 1280. The van der Waals surface area contributed by atoms with Crippen LogP contribution in [-0.2, 0) is 9.53 Å². The van der Waals surface area contributed by atoms with Crippen LogP contribution in [0.2, 0.25) is 0 Å². The summed E-state index contributed by atoms with van der Waals surface area (Å²) in [6.45, 7) is 3.49. The van der Waals surface area contributed by atoms with Crippen molar-refractivity contribution in [1.82, 2.24) is 9.38 Å². The van der Waals surface area contributed by atoms with Gasteiger partial charge in [0.15, 0.2) is 18.0 Å². The topological polar surface area (TPSA) is 81.9 Å². The van der Waals surface area contributed by atoms with Crippen LogP contribution in [0.25, 0.3) is 16.8 Å². The minimum atomic E-state index is -0.568. The number of carbonyl (C=O) groups excluding carboxylic acids is 2. The number of halogens is 1. The van der Waals surface area contributed by atoms with Crippen LogP contribution in [0.1, 0.15) is 23.0 Å². The standard InChI is InChI=1S/C23H20FN3O4S/c1-3-30-23(29)20-17(15-6-8-16(24)9-7-15)13-32-22(20)26-19(28)12-31-18-5-4-10-27-11-14(2)25-21(18)27/h4-11,13H,3,12H2,1-2H3,(H,26,28). The number of nitrogens with zero attached hydrogens (tertiary/aromatic N) is 2. The molecule has 164 valence electrons. The number of pyridine rings is 1. The van der Waals surface area contributed by atoms with Gasteiger partial charge in [-0.15, -0.1) is 11.3 Å². The highest BCUT2D eigenvalue weighted by Gasteiger charge is 2.23. The second kappa shape index (κ2) is 9.19. The summed E-state index contributed by atoms with van der Waals surface area (Å²) < 4.78 is 26.0. The van der Waals surface area contributed by atoms with Crippen LogP contribution in [0, 0.1) is 12.7 Å². The zero-order valence-electron chi connectivity index (χ0n) is 17.4. The van der Waals surface area contributed by atoms with E-state index in [0.717, 1.165) is 5.69 Å². The van der Waals surface area contributed by atoms with Crippen LogP contribution in [0.4, 0.5) is 9.39 Å². The molecule has 4 rings (SSSR count). The van der Waals surface area contributed by atoms with Crippen molar-refractivity contribution in [1.29, 1.82) is 0 Å². The number of benzene rings is 1. The number of anilines is 1. The van der Waals surface area contributed by atoms with E-state index in [1.54, 1.807) is 36.6 Å². The summed E-state index contributed by atoms with van der Waals surface area (Å²) in [5, 5.41) is 4.79. The molecule has 1 amide bonds. The van der Waals surface area contributed by atoms with Crippen LogP contribution in [0.5, 0.6) is 5.75 Å². The summed E-state index contributed by atoms with van der Waals surface area (Å²) >= 11 is 1.19. The van der Waals surface area contributed by atoms with Gasteiger partial charge in [0.2, 0.25) is 0 Å². The van der Waals surface area contributed by atoms with Gasteiger partial charge >= 0.3 is 5.97 Å². The predicted octanol–water partition coefficient (Wildman–Crippen LogP) is 4.70. The number of ether oxygens (including phenoxy) is 2. The van der Waals surface area contributed by atoms with Crippen molar-refractivity contribution < 1.29 is 23.5 Å². The fourth-order valence-corrected chi connectivity index (χ4v) is 4.20. The molecule has 4 aromatic rings. The Hall–Kier alpha value is -3.72. The third kappa shape index (κ3) is 4.47. The minimum Gasteiger partial charge on any atom is -0.480 e. The lowest BCUT2D eigenvalue weighted by molar-refractivity contribution is -0.118. The van der Waals surface area contributed by atoms with Crippen LogP contribution in [-0.4, -0.2) is 34.5 Å². The van der Waals surface area contributed by atoms with Gasteiger partial charge in [-0.05, 0) is 43.7 Å². The van der Waals surface area contributed by atoms with Gasteiger partial charge in [0.1, 0.15) is 16.4 Å². The first-order valence-electron chi connectivity index (χ1n) is 9.87. The van der Waals surface area contributed by atoms with Crippen molar-refractivity contribution in [2.45, 2.75) is 13.8 Å². The van der Waals surface area contributed by atoms with Gasteiger partial charge in [0, 0.05) is 23.3 Å². The third-order valence-electron chi connectivity index (χ3n) is 4.60. The first-order chi connectivity index (χ1) is 15.5. The summed E-state index contributed by atoms with van der Waals surface area (Å²) in [6.07, 6.45) is 3.70. The number of amides is 1. The van der Waals surface area contributed by atoms with E-state index in [-0.39, 0.29) is 24.6 Å². The molecular weight excluding hydrogens is 433 g/mol. The van der Waals surface area contributed by atoms with Gasteiger partial charge < -0.3 is 19.2 Å². The normalized spacial score (nSPS) is 10.8. The highest BCUT2D eigenvalue weighted by atomic mass is 32.1. The largest absolute Gasteiger partial charge is 0.480 e. The molecule has 0 saturated carbocycles. The second-order valence-corrected chi connectivity index (χ2v) is 7.78. The van der Waals surface area contributed by atoms with E-state index in [1.807, 2.05) is 23.7 Å². The molecule has 0 bridgehead atoms. The number of imidazole rings is 1. The fourth-order valence-electron chi connectivity index (χ4n) is 3.23. The smallest absolute Gasteiger partial charge is 0.341 e. The maximum atomic E-state index is 13.3. The molecule has 32 heavy (non-hydrogen) atoms. The average Bonchev–Trinajstić information content (AvgIpc) is 3.36. The summed E-state index contributed by atoms with van der Waals surface area (Å²) in [5.41, 5.74) is 2.87. The van der Waals surface area contributed by atoms with E-state index in [4.69, 9.17) is 9.47 Å². The van der Waals surface area contributed by atoms with Gasteiger partial charge in [-0.2, -0.15) is 0 Å². The molecular formula is C23H20FN3O4S. The molecule has 0 saturated heterocycles. The quantitative estimate of drug-likeness (QED) is 0.410. The average molecular weight is 453 g/mol. The molecule has 0 aliphatic carbocycles. The minimum absolute atomic E-state index is 0.182. The van der Waals surface area contributed by atoms with Gasteiger partial charge in [-0.3, -0.25) is 4.79 Å². The Morgan fingerprint density at radius 3 is 2.75 bits per heavy atom. The first-order valence-corrected chi connectivity index (χ1v) is 10.8. The molecule has 0 unspecified atom stereocenters. The van der Waals surface area contributed by atoms with Crippen molar-refractivity contribution in [2.75, 3.05) is 18.5 Å². The van der Waals surface area contributed by atoms with E-state index in [0.29, 0.717) is 27.5 Å². The van der Waals surface area contributed by atoms with E-state index >= 15 is 0 Å². The highest BCUT2D eigenvalue weighted by molar-refractivity contribution is 7.15. The van der Waals surface area contributed by atoms with E-state index in [1.165, 1.54) is 23.5 Å². The maximum Gasteiger partial charge on any atom is 0.341 e. The van der Waals surface area contributed by atoms with Crippen molar-refractivity contribution in [3.8, 4) is 16.9 Å². The number of nitrogens with one attached hydrogen (secondary N) is 1. The van der Waals surface area contributed by atoms with Crippen molar-refractivity contribution in [2.24, 2.45) is 0 Å². The SMILES string of the molecule is CCOC(=O)c1c(-c2ccc(F)cc2)csc1NC(=O)COc1cccn2cc(C)nc12. The molecule has 1 aromatic carbocycles. The molecule has 0 aliphatic heterocycles. The molecule has 0 atom stereocenters. The molecule has 7 nitrogen and oxygen atoms in total. The maximum absolute atomic E-state index is 13.3. The summed E-state index contributed by atoms with van der Waals surface area (Å²) in [5.74, 6) is -0.912. The van der Waals surface area contributed by atoms with Crippen molar-refractivity contribution >= 4 is 33.9 Å². The molecule has 0 aliphatic rings. The molecule has 3 heterocycles. The lowest BCUT2D eigenvalue weighted by atomic mass is 10.0. The van der Waals surface area contributed by atoms with E-state index in [2.05, 4.69) is 10.3 Å². The number of hydrogen-bond donors (Lipinski definition) is 1. The van der Waals surface area contributed by atoms with Gasteiger partial charge in [0.25, 0.3) is 5.91 Å².